The van der Waals surface area contributed by atoms with Crippen LogP contribution >= 0.6 is 45.8 Å². The van der Waals surface area contributed by atoms with Crippen LogP contribution in [0.4, 0.5) is 5.00 Å². The Morgan fingerprint density at radius 1 is 1.24 bits per heavy atom. The number of amides is 1. The summed E-state index contributed by atoms with van der Waals surface area (Å²) in [7, 11) is 0. The van der Waals surface area contributed by atoms with Crippen LogP contribution in [0.25, 0.3) is 20.7 Å². The van der Waals surface area contributed by atoms with Gasteiger partial charge in [0, 0.05) is 26.1 Å². The molecule has 0 fully saturated rings. The van der Waals surface area contributed by atoms with Crippen molar-refractivity contribution in [3.8, 4) is 10.4 Å². The minimum Gasteiger partial charge on any atom is -0.462 e. The molecular formula is C23H21N3O3S4. The van der Waals surface area contributed by atoms with Gasteiger partial charge >= 0.3 is 5.97 Å². The average Bonchev–Trinajstić information content (AvgIpc) is 3.55. The molecule has 6 nitrogen and oxygen atoms in total. The van der Waals surface area contributed by atoms with Crippen LogP contribution in [0.2, 0.25) is 0 Å². The molecule has 4 aromatic rings. The lowest BCUT2D eigenvalue weighted by molar-refractivity contribution is -0.113. The van der Waals surface area contributed by atoms with Crippen molar-refractivity contribution >= 4 is 72.9 Å². The molecule has 1 amide bonds. The molecule has 0 radical (unpaired) electrons. The van der Waals surface area contributed by atoms with Crippen molar-refractivity contribution in [1.29, 1.82) is 0 Å². The summed E-state index contributed by atoms with van der Waals surface area (Å²) in [4.78, 5) is 38.2. The first-order valence-corrected chi connectivity index (χ1v) is 14.1. The third-order valence-electron chi connectivity index (χ3n) is 5.29. The molecule has 170 valence electrons. The molecule has 33 heavy (non-hydrogen) atoms. The van der Waals surface area contributed by atoms with E-state index in [1.54, 1.807) is 29.6 Å². The van der Waals surface area contributed by atoms with Gasteiger partial charge in [-0.3, -0.25) is 4.79 Å². The number of rotatable bonds is 7. The highest BCUT2D eigenvalue weighted by atomic mass is 32.2. The molecule has 0 saturated carbocycles. The van der Waals surface area contributed by atoms with E-state index in [-0.39, 0.29) is 18.3 Å². The van der Waals surface area contributed by atoms with Crippen LogP contribution < -0.4 is 5.32 Å². The molecule has 10 heteroatoms. The highest BCUT2D eigenvalue weighted by Crippen LogP contribution is 2.41. The fourth-order valence-corrected chi connectivity index (χ4v) is 7.99. The number of carbonyl (C=O) groups excluding carboxylic acids is 2. The van der Waals surface area contributed by atoms with Gasteiger partial charge in [-0.05, 0) is 50.1 Å². The molecular weight excluding hydrogens is 495 g/mol. The van der Waals surface area contributed by atoms with Crippen LogP contribution in [0.5, 0.6) is 0 Å². The molecule has 5 rings (SSSR count). The molecule has 1 aliphatic rings. The Labute approximate surface area is 207 Å². The zero-order chi connectivity index (χ0) is 22.9. The van der Waals surface area contributed by atoms with Gasteiger partial charge in [0.15, 0.2) is 0 Å². The molecule has 1 N–H and O–H groups in total. The third-order valence-corrected chi connectivity index (χ3v) is 9.25. The van der Waals surface area contributed by atoms with Gasteiger partial charge in [0.1, 0.15) is 26.2 Å². The second kappa shape index (κ2) is 9.54. The number of ether oxygens (including phenoxy) is 1. The molecule has 0 unspecified atom stereocenters. The smallest absolute Gasteiger partial charge is 0.341 e. The lowest BCUT2D eigenvalue weighted by atomic mass is 10.1. The Balaban J connectivity index is 1.37. The quantitative estimate of drug-likeness (QED) is 0.180. The van der Waals surface area contributed by atoms with E-state index in [4.69, 9.17) is 4.74 Å². The Morgan fingerprint density at radius 2 is 2.12 bits per heavy atom. The number of hydrogen-bond acceptors (Lipinski definition) is 9. The zero-order valence-corrected chi connectivity index (χ0v) is 21.4. The normalized spacial score (nSPS) is 12.8. The molecule has 0 spiro atoms. The van der Waals surface area contributed by atoms with Crippen LogP contribution in [-0.2, 0) is 22.4 Å². The van der Waals surface area contributed by atoms with E-state index in [9.17, 15) is 9.59 Å². The van der Waals surface area contributed by atoms with Gasteiger partial charge in [-0.25, -0.2) is 14.8 Å². The fraction of sp³-hybridized carbons (Fsp3) is 0.304. The van der Waals surface area contributed by atoms with Crippen molar-refractivity contribution in [2.45, 2.75) is 38.1 Å². The molecule has 0 aliphatic heterocycles. The van der Waals surface area contributed by atoms with Gasteiger partial charge in [-0.15, -0.1) is 34.0 Å². The lowest BCUT2D eigenvalue weighted by Crippen LogP contribution is -2.16. The number of fused-ring (bicyclic) bond motifs is 3. The summed E-state index contributed by atoms with van der Waals surface area (Å²) in [5, 5.41) is 9.28. The number of aryl methyl sites for hydroxylation is 3. The third kappa shape index (κ3) is 4.44. The average molecular weight is 516 g/mol. The van der Waals surface area contributed by atoms with Crippen molar-refractivity contribution < 1.29 is 14.3 Å². The number of thioether (sulfide) groups is 1. The van der Waals surface area contributed by atoms with Crippen molar-refractivity contribution in [3.63, 3.8) is 0 Å². The van der Waals surface area contributed by atoms with Crippen molar-refractivity contribution in [2.75, 3.05) is 17.7 Å². The van der Waals surface area contributed by atoms with Crippen LogP contribution in [0.15, 0.2) is 27.9 Å². The van der Waals surface area contributed by atoms with Crippen molar-refractivity contribution in [2.24, 2.45) is 0 Å². The van der Waals surface area contributed by atoms with E-state index in [1.807, 2.05) is 29.8 Å². The van der Waals surface area contributed by atoms with Gasteiger partial charge in [-0.1, -0.05) is 17.8 Å². The van der Waals surface area contributed by atoms with Gasteiger partial charge in [-0.2, -0.15) is 0 Å². The molecule has 0 saturated heterocycles. The van der Waals surface area contributed by atoms with E-state index < -0.39 is 5.97 Å². The molecule has 4 heterocycles. The summed E-state index contributed by atoms with van der Waals surface area (Å²) >= 11 is 6.06. The predicted octanol–water partition coefficient (Wildman–Crippen LogP) is 6.19. The van der Waals surface area contributed by atoms with Crippen LogP contribution in [0, 0.1) is 6.92 Å². The second-order valence-corrected chi connectivity index (χ2v) is 11.4. The number of anilines is 1. The SMILES string of the molecule is CCOC(=O)c1c(-c2cccs2)csc1NC(=O)CSc1nc(C)nc2sc3c(c12)CCC3. The topological polar surface area (TPSA) is 81.2 Å². The molecule has 0 aromatic carbocycles. The minimum atomic E-state index is -0.424. The predicted molar refractivity (Wildman–Crippen MR) is 137 cm³/mol. The maximum absolute atomic E-state index is 12.9. The number of nitrogens with one attached hydrogen (secondary N) is 1. The lowest BCUT2D eigenvalue weighted by Gasteiger charge is -2.09. The maximum atomic E-state index is 12.9. The first kappa shape index (κ1) is 22.5. The molecule has 0 atom stereocenters. The van der Waals surface area contributed by atoms with E-state index in [0.29, 0.717) is 16.4 Å². The van der Waals surface area contributed by atoms with E-state index >= 15 is 0 Å². The summed E-state index contributed by atoms with van der Waals surface area (Å²) < 4.78 is 5.27. The van der Waals surface area contributed by atoms with Crippen LogP contribution in [-0.4, -0.2) is 34.2 Å². The van der Waals surface area contributed by atoms with Gasteiger partial charge in [0.25, 0.3) is 0 Å². The number of aromatic nitrogens is 2. The Bertz CT molecular complexity index is 1340. The van der Waals surface area contributed by atoms with E-state index in [1.165, 1.54) is 33.5 Å². The number of hydrogen-bond donors (Lipinski definition) is 1. The first-order chi connectivity index (χ1) is 16.0. The summed E-state index contributed by atoms with van der Waals surface area (Å²) in [6.45, 7) is 3.93. The number of nitrogens with zero attached hydrogens (tertiary/aromatic N) is 2. The maximum Gasteiger partial charge on any atom is 0.341 e. The Kier molecular flexibility index (Phi) is 6.51. The zero-order valence-electron chi connectivity index (χ0n) is 18.1. The van der Waals surface area contributed by atoms with E-state index in [2.05, 4.69) is 15.3 Å². The van der Waals surface area contributed by atoms with Crippen LogP contribution in [0.1, 0.15) is 40.0 Å². The van der Waals surface area contributed by atoms with Gasteiger partial charge < -0.3 is 10.1 Å². The fourth-order valence-electron chi connectivity index (χ4n) is 3.93. The Hall–Kier alpha value is -2.27. The number of esters is 1. The van der Waals surface area contributed by atoms with Gasteiger partial charge in [0.05, 0.1) is 12.4 Å². The highest BCUT2D eigenvalue weighted by Gasteiger charge is 2.25. The largest absolute Gasteiger partial charge is 0.462 e. The summed E-state index contributed by atoms with van der Waals surface area (Å²) in [5.74, 6) is 0.312. The molecule has 4 aromatic heterocycles. The van der Waals surface area contributed by atoms with Crippen molar-refractivity contribution in [1.82, 2.24) is 9.97 Å². The van der Waals surface area contributed by atoms with E-state index in [0.717, 1.165) is 44.9 Å². The summed E-state index contributed by atoms with van der Waals surface area (Å²) in [6.07, 6.45) is 3.31. The first-order valence-electron chi connectivity index (χ1n) is 10.6. The summed E-state index contributed by atoms with van der Waals surface area (Å²) in [6, 6.07) is 3.89. The van der Waals surface area contributed by atoms with Crippen LogP contribution in [0.3, 0.4) is 0 Å². The number of thiophene rings is 3. The Morgan fingerprint density at radius 3 is 2.91 bits per heavy atom. The molecule has 1 aliphatic carbocycles. The second-order valence-electron chi connectivity index (χ2n) is 7.50. The highest BCUT2D eigenvalue weighted by molar-refractivity contribution is 8.00. The standard InChI is InChI=1S/C23H21N3O3S4/c1-3-29-23(28)19-14(15-8-5-9-30-15)10-31-21(19)26-17(27)11-32-20-18-13-6-4-7-16(13)33-22(18)25-12(2)24-20/h5,8-10H,3-4,6-7,11H2,1-2H3,(H,26,27). The number of carbonyl (C=O) groups is 2. The minimum absolute atomic E-state index is 0.179. The molecule has 0 bridgehead atoms. The monoisotopic (exact) mass is 515 g/mol. The van der Waals surface area contributed by atoms with Crippen molar-refractivity contribution in [3.05, 3.63) is 44.7 Å². The van der Waals surface area contributed by atoms with Gasteiger partial charge in [0.2, 0.25) is 5.91 Å². The summed E-state index contributed by atoms with van der Waals surface area (Å²) in [5.41, 5.74) is 2.55.